The number of nitrogens with zero attached hydrogens (tertiary/aromatic N) is 1. The van der Waals surface area contributed by atoms with Crippen molar-refractivity contribution in [3.8, 4) is 0 Å². The summed E-state index contributed by atoms with van der Waals surface area (Å²) < 4.78 is 0. The van der Waals surface area contributed by atoms with E-state index in [0.29, 0.717) is 5.15 Å². The summed E-state index contributed by atoms with van der Waals surface area (Å²) in [5, 5.41) is 3.77. The molecular formula is C12H13ClN2S. The number of anilines is 1. The van der Waals surface area contributed by atoms with Gasteiger partial charge in [0, 0.05) is 9.75 Å². The molecule has 0 atom stereocenters. The molecule has 0 saturated heterocycles. The van der Waals surface area contributed by atoms with Crippen LogP contribution < -0.4 is 5.32 Å². The Kier molecular flexibility index (Phi) is 3.80. The molecule has 2 nitrogen and oxygen atoms in total. The second-order valence-corrected chi connectivity index (χ2v) is 5.06. The number of rotatable bonds is 4. The first kappa shape index (κ1) is 11.4. The highest BCUT2D eigenvalue weighted by atomic mass is 35.5. The summed E-state index contributed by atoms with van der Waals surface area (Å²) in [6.45, 7) is 2.97. The Hall–Kier alpha value is -1.06. The second-order valence-electron chi connectivity index (χ2n) is 3.42. The monoisotopic (exact) mass is 252 g/mol. The van der Waals surface area contributed by atoms with Gasteiger partial charge in [-0.05, 0) is 30.7 Å². The first-order valence-corrected chi connectivity index (χ1v) is 6.41. The molecule has 0 fully saturated rings. The molecule has 0 unspecified atom stereocenters. The summed E-state index contributed by atoms with van der Waals surface area (Å²) in [6.07, 6.45) is 1.10. The largest absolute Gasteiger partial charge is 0.365 e. The van der Waals surface area contributed by atoms with Gasteiger partial charge in [0.25, 0.3) is 0 Å². The van der Waals surface area contributed by atoms with Gasteiger partial charge in [-0.1, -0.05) is 24.6 Å². The fourth-order valence-corrected chi connectivity index (χ4v) is 2.45. The normalized spacial score (nSPS) is 10.4. The van der Waals surface area contributed by atoms with E-state index in [9.17, 15) is 0 Å². The first-order chi connectivity index (χ1) is 7.78. The topological polar surface area (TPSA) is 24.9 Å². The van der Waals surface area contributed by atoms with Gasteiger partial charge in [-0.3, -0.25) is 0 Å². The first-order valence-electron chi connectivity index (χ1n) is 5.22. The molecule has 0 saturated carbocycles. The highest BCUT2D eigenvalue weighted by molar-refractivity contribution is 7.12. The average molecular weight is 253 g/mol. The van der Waals surface area contributed by atoms with Crippen LogP contribution in [0.4, 0.5) is 5.82 Å². The van der Waals surface area contributed by atoms with Crippen LogP contribution in [-0.4, -0.2) is 4.98 Å². The number of thiophene rings is 1. The second kappa shape index (κ2) is 5.32. The Morgan fingerprint density at radius 3 is 2.75 bits per heavy atom. The van der Waals surface area contributed by atoms with E-state index in [4.69, 9.17) is 11.6 Å². The molecule has 0 spiro atoms. The van der Waals surface area contributed by atoms with Crippen LogP contribution in [0.15, 0.2) is 30.3 Å². The summed E-state index contributed by atoms with van der Waals surface area (Å²) in [5.41, 5.74) is 0. The number of aromatic nitrogens is 1. The third kappa shape index (κ3) is 2.97. The van der Waals surface area contributed by atoms with Crippen molar-refractivity contribution in [2.24, 2.45) is 0 Å². The minimum absolute atomic E-state index is 0.519. The predicted molar refractivity (Wildman–Crippen MR) is 70.3 cm³/mol. The van der Waals surface area contributed by atoms with Crippen molar-refractivity contribution >= 4 is 28.8 Å². The smallest absolute Gasteiger partial charge is 0.131 e. The Balaban J connectivity index is 1.96. The molecule has 0 aliphatic heterocycles. The lowest BCUT2D eigenvalue weighted by molar-refractivity contribution is 1.14. The van der Waals surface area contributed by atoms with Crippen molar-refractivity contribution in [1.29, 1.82) is 0 Å². The molecule has 2 heterocycles. The quantitative estimate of drug-likeness (QED) is 0.833. The lowest BCUT2D eigenvalue weighted by Gasteiger charge is -2.03. The molecule has 1 N–H and O–H groups in total. The zero-order chi connectivity index (χ0) is 11.4. The van der Waals surface area contributed by atoms with Gasteiger partial charge in [0.05, 0.1) is 6.54 Å². The number of hydrogen-bond acceptors (Lipinski definition) is 3. The molecular weight excluding hydrogens is 240 g/mol. The summed E-state index contributed by atoms with van der Waals surface area (Å²) >= 11 is 7.64. The Labute approximate surface area is 104 Å². The number of pyridine rings is 1. The van der Waals surface area contributed by atoms with Crippen molar-refractivity contribution in [3.05, 3.63) is 45.2 Å². The van der Waals surface area contributed by atoms with Crippen molar-refractivity contribution < 1.29 is 0 Å². The third-order valence-electron chi connectivity index (χ3n) is 2.22. The van der Waals surface area contributed by atoms with Gasteiger partial charge in [-0.2, -0.15) is 0 Å². The molecule has 0 aliphatic carbocycles. The average Bonchev–Trinajstić information content (AvgIpc) is 2.74. The van der Waals surface area contributed by atoms with Crippen LogP contribution in [0.2, 0.25) is 5.15 Å². The van der Waals surface area contributed by atoms with Crippen molar-refractivity contribution in [3.63, 3.8) is 0 Å². The molecule has 0 aromatic carbocycles. The zero-order valence-electron chi connectivity index (χ0n) is 9.03. The van der Waals surface area contributed by atoms with E-state index >= 15 is 0 Å². The van der Waals surface area contributed by atoms with Gasteiger partial charge in [0.2, 0.25) is 0 Å². The van der Waals surface area contributed by atoms with Crippen molar-refractivity contribution in [1.82, 2.24) is 4.98 Å². The zero-order valence-corrected chi connectivity index (χ0v) is 10.6. The molecule has 2 aromatic heterocycles. The van der Waals surface area contributed by atoms with Crippen LogP contribution in [0.5, 0.6) is 0 Å². The van der Waals surface area contributed by atoms with Crippen LogP contribution in [0, 0.1) is 0 Å². The minimum Gasteiger partial charge on any atom is -0.365 e. The molecule has 2 rings (SSSR count). The summed E-state index contributed by atoms with van der Waals surface area (Å²) in [7, 11) is 0. The van der Waals surface area contributed by atoms with Gasteiger partial charge in [0.1, 0.15) is 11.0 Å². The maximum Gasteiger partial charge on any atom is 0.131 e. The van der Waals surface area contributed by atoms with E-state index in [2.05, 4.69) is 29.4 Å². The molecule has 16 heavy (non-hydrogen) atoms. The van der Waals surface area contributed by atoms with E-state index in [1.54, 1.807) is 6.07 Å². The summed E-state index contributed by atoms with van der Waals surface area (Å²) in [4.78, 5) is 6.91. The Morgan fingerprint density at radius 2 is 2.06 bits per heavy atom. The lowest BCUT2D eigenvalue weighted by Crippen LogP contribution is -1.99. The SMILES string of the molecule is CCc1ccc(CNc2cccc(Cl)n2)s1. The van der Waals surface area contributed by atoms with Crippen molar-refractivity contribution in [2.45, 2.75) is 19.9 Å². The van der Waals surface area contributed by atoms with E-state index in [1.165, 1.54) is 9.75 Å². The number of hydrogen-bond donors (Lipinski definition) is 1. The maximum absolute atomic E-state index is 5.80. The molecule has 0 bridgehead atoms. The van der Waals surface area contributed by atoms with Gasteiger partial charge in [-0.15, -0.1) is 11.3 Å². The summed E-state index contributed by atoms with van der Waals surface area (Å²) in [6, 6.07) is 9.91. The van der Waals surface area contributed by atoms with E-state index in [1.807, 2.05) is 23.5 Å². The third-order valence-corrected chi connectivity index (χ3v) is 3.66. The fourth-order valence-electron chi connectivity index (χ4n) is 1.39. The maximum atomic E-state index is 5.80. The van der Waals surface area contributed by atoms with Crippen LogP contribution >= 0.6 is 22.9 Å². The van der Waals surface area contributed by atoms with E-state index in [-0.39, 0.29) is 0 Å². The molecule has 0 radical (unpaired) electrons. The lowest BCUT2D eigenvalue weighted by atomic mass is 10.3. The number of nitrogens with one attached hydrogen (secondary N) is 1. The molecule has 0 amide bonds. The minimum atomic E-state index is 0.519. The van der Waals surface area contributed by atoms with Gasteiger partial charge in [-0.25, -0.2) is 4.98 Å². The van der Waals surface area contributed by atoms with Crippen LogP contribution in [0.25, 0.3) is 0 Å². The Morgan fingerprint density at radius 1 is 1.25 bits per heavy atom. The fraction of sp³-hybridized carbons (Fsp3) is 0.250. The molecule has 4 heteroatoms. The van der Waals surface area contributed by atoms with Gasteiger partial charge >= 0.3 is 0 Å². The Bertz CT molecular complexity index is 468. The number of halogens is 1. The summed E-state index contributed by atoms with van der Waals surface area (Å²) in [5.74, 6) is 0.818. The van der Waals surface area contributed by atoms with Crippen LogP contribution in [0.1, 0.15) is 16.7 Å². The highest BCUT2D eigenvalue weighted by Gasteiger charge is 1.99. The van der Waals surface area contributed by atoms with E-state index in [0.717, 1.165) is 18.8 Å². The highest BCUT2D eigenvalue weighted by Crippen LogP contribution is 2.18. The molecule has 0 aliphatic rings. The van der Waals surface area contributed by atoms with E-state index < -0.39 is 0 Å². The predicted octanol–water partition coefficient (Wildman–Crippen LogP) is 3.97. The van der Waals surface area contributed by atoms with Gasteiger partial charge < -0.3 is 5.32 Å². The van der Waals surface area contributed by atoms with Crippen LogP contribution in [0.3, 0.4) is 0 Å². The molecule has 84 valence electrons. The van der Waals surface area contributed by atoms with Crippen molar-refractivity contribution in [2.75, 3.05) is 5.32 Å². The molecule has 2 aromatic rings. The van der Waals surface area contributed by atoms with Gasteiger partial charge in [0.15, 0.2) is 0 Å². The van der Waals surface area contributed by atoms with Crippen LogP contribution in [-0.2, 0) is 13.0 Å². The number of aryl methyl sites for hydroxylation is 1. The standard InChI is InChI=1S/C12H13ClN2S/c1-2-9-6-7-10(16-9)8-14-12-5-3-4-11(13)15-12/h3-7H,2,8H2,1H3,(H,14,15).